The molecule has 1 saturated heterocycles. The van der Waals surface area contributed by atoms with Crippen LogP contribution in [-0.4, -0.2) is 42.6 Å². The second kappa shape index (κ2) is 7.30. The first-order valence-corrected chi connectivity index (χ1v) is 9.00. The van der Waals surface area contributed by atoms with Crippen molar-refractivity contribution in [1.82, 2.24) is 10.2 Å². The van der Waals surface area contributed by atoms with Crippen molar-refractivity contribution >= 4 is 22.5 Å². The molecule has 0 spiro atoms. The summed E-state index contributed by atoms with van der Waals surface area (Å²) in [6.45, 7) is 6.99. The lowest BCUT2D eigenvalue weighted by molar-refractivity contribution is 0.297. The highest BCUT2D eigenvalue weighted by Crippen LogP contribution is 2.20. The van der Waals surface area contributed by atoms with Gasteiger partial charge in [-0.15, -0.1) is 0 Å². The maximum Gasteiger partial charge on any atom is 0.0292 e. The molecule has 0 radical (unpaired) electrons. The number of thioether (sulfide) groups is 1. The molecule has 0 aromatic heterocycles. The predicted molar refractivity (Wildman–Crippen MR) is 94.1 cm³/mol. The van der Waals surface area contributed by atoms with Crippen LogP contribution in [0, 0.1) is 0 Å². The predicted octanol–water partition coefficient (Wildman–Crippen LogP) is 3.54. The molecule has 0 bridgehead atoms. The van der Waals surface area contributed by atoms with E-state index < -0.39 is 0 Å². The molecule has 1 N–H and O–H groups in total. The van der Waals surface area contributed by atoms with Gasteiger partial charge in [0.25, 0.3) is 0 Å². The standard InChI is InChI=1S/C18H24N2S/c1-15(19-8-9-20-10-12-21-13-11-20)17-7-6-16-4-2-3-5-18(16)14-17/h2-7,14-15,19H,8-13H2,1H3. The average Bonchev–Trinajstić information content (AvgIpc) is 2.55. The first-order chi connectivity index (χ1) is 10.3. The van der Waals surface area contributed by atoms with Crippen LogP contribution in [0.1, 0.15) is 18.5 Å². The molecule has 3 rings (SSSR count). The van der Waals surface area contributed by atoms with Gasteiger partial charge in [0, 0.05) is 43.7 Å². The molecule has 1 heterocycles. The third kappa shape index (κ3) is 4.00. The Bertz CT molecular complexity index is 578. The first-order valence-electron chi connectivity index (χ1n) is 7.85. The highest BCUT2D eigenvalue weighted by Gasteiger charge is 2.10. The molecule has 1 fully saturated rings. The minimum absolute atomic E-state index is 0.411. The van der Waals surface area contributed by atoms with Crippen LogP contribution in [0.5, 0.6) is 0 Å². The lowest BCUT2D eigenvalue weighted by atomic mass is 10.0. The summed E-state index contributed by atoms with van der Waals surface area (Å²) in [6, 6.07) is 15.8. The Labute approximate surface area is 131 Å². The third-order valence-corrected chi connectivity index (χ3v) is 5.20. The van der Waals surface area contributed by atoms with Crippen molar-refractivity contribution in [3.63, 3.8) is 0 Å². The molecule has 21 heavy (non-hydrogen) atoms. The molecule has 0 saturated carbocycles. The maximum absolute atomic E-state index is 3.66. The van der Waals surface area contributed by atoms with Gasteiger partial charge in [0.15, 0.2) is 0 Å². The molecule has 1 aliphatic heterocycles. The highest BCUT2D eigenvalue weighted by atomic mass is 32.2. The molecule has 2 nitrogen and oxygen atoms in total. The summed E-state index contributed by atoms with van der Waals surface area (Å²) in [6.07, 6.45) is 0. The van der Waals surface area contributed by atoms with Crippen LogP contribution in [0.4, 0.5) is 0 Å². The van der Waals surface area contributed by atoms with E-state index >= 15 is 0 Å². The van der Waals surface area contributed by atoms with E-state index in [1.54, 1.807) is 0 Å². The second-order valence-corrected chi connectivity index (χ2v) is 6.96. The van der Waals surface area contributed by atoms with Gasteiger partial charge in [-0.3, -0.25) is 0 Å². The van der Waals surface area contributed by atoms with Crippen molar-refractivity contribution in [3.05, 3.63) is 48.0 Å². The second-order valence-electron chi connectivity index (χ2n) is 5.74. The van der Waals surface area contributed by atoms with Gasteiger partial charge in [-0.05, 0) is 29.3 Å². The summed E-state index contributed by atoms with van der Waals surface area (Å²) in [5.74, 6) is 2.58. The molecule has 1 atom stereocenters. The molecule has 2 aromatic rings. The largest absolute Gasteiger partial charge is 0.309 e. The van der Waals surface area contributed by atoms with Crippen molar-refractivity contribution in [2.24, 2.45) is 0 Å². The van der Waals surface area contributed by atoms with Gasteiger partial charge < -0.3 is 10.2 Å². The first kappa shape index (κ1) is 14.9. The van der Waals surface area contributed by atoms with E-state index in [1.165, 1.54) is 47.5 Å². The van der Waals surface area contributed by atoms with Gasteiger partial charge in [-0.2, -0.15) is 11.8 Å². The summed E-state index contributed by atoms with van der Waals surface area (Å²) < 4.78 is 0. The smallest absolute Gasteiger partial charge is 0.0292 e. The summed E-state index contributed by atoms with van der Waals surface area (Å²) in [5, 5.41) is 6.31. The Morgan fingerprint density at radius 2 is 1.86 bits per heavy atom. The molecule has 1 unspecified atom stereocenters. The molecule has 3 heteroatoms. The molecular weight excluding hydrogens is 276 g/mol. The number of hydrogen-bond donors (Lipinski definition) is 1. The van der Waals surface area contributed by atoms with Gasteiger partial charge in [-0.1, -0.05) is 36.4 Å². The van der Waals surface area contributed by atoms with E-state index in [0.29, 0.717) is 6.04 Å². The Morgan fingerprint density at radius 1 is 1.10 bits per heavy atom. The molecule has 1 aliphatic rings. The molecule has 112 valence electrons. The number of benzene rings is 2. The fourth-order valence-electron chi connectivity index (χ4n) is 2.86. The number of nitrogens with zero attached hydrogens (tertiary/aromatic N) is 1. The van der Waals surface area contributed by atoms with Gasteiger partial charge in [-0.25, -0.2) is 0 Å². The number of rotatable bonds is 5. The summed E-state index contributed by atoms with van der Waals surface area (Å²) in [7, 11) is 0. The van der Waals surface area contributed by atoms with Crippen molar-refractivity contribution in [3.8, 4) is 0 Å². The summed E-state index contributed by atoms with van der Waals surface area (Å²) >= 11 is 2.07. The van der Waals surface area contributed by atoms with Crippen LogP contribution in [-0.2, 0) is 0 Å². The van der Waals surface area contributed by atoms with Gasteiger partial charge in [0.1, 0.15) is 0 Å². The van der Waals surface area contributed by atoms with E-state index in [1.807, 2.05) is 0 Å². The Hall–Kier alpha value is -1.03. The third-order valence-electron chi connectivity index (χ3n) is 4.26. The highest BCUT2D eigenvalue weighted by molar-refractivity contribution is 7.99. The number of fused-ring (bicyclic) bond motifs is 1. The van der Waals surface area contributed by atoms with Crippen molar-refractivity contribution in [1.29, 1.82) is 0 Å². The summed E-state index contributed by atoms with van der Waals surface area (Å²) in [4.78, 5) is 2.57. The van der Waals surface area contributed by atoms with Crippen LogP contribution in [0.15, 0.2) is 42.5 Å². The minimum Gasteiger partial charge on any atom is -0.309 e. The molecule has 0 aliphatic carbocycles. The summed E-state index contributed by atoms with van der Waals surface area (Å²) in [5.41, 5.74) is 1.38. The van der Waals surface area contributed by atoms with Crippen molar-refractivity contribution in [2.45, 2.75) is 13.0 Å². The quantitative estimate of drug-likeness (QED) is 0.909. The van der Waals surface area contributed by atoms with Gasteiger partial charge >= 0.3 is 0 Å². The molecule has 2 aromatic carbocycles. The van der Waals surface area contributed by atoms with Crippen LogP contribution in [0.2, 0.25) is 0 Å². The zero-order valence-electron chi connectivity index (χ0n) is 12.7. The van der Waals surface area contributed by atoms with Crippen LogP contribution < -0.4 is 5.32 Å². The van der Waals surface area contributed by atoms with Crippen molar-refractivity contribution < 1.29 is 0 Å². The Kier molecular flexibility index (Phi) is 5.17. The van der Waals surface area contributed by atoms with Crippen LogP contribution in [0.3, 0.4) is 0 Å². The topological polar surface area (TPSA) is 15.3 Å². The zero-order chi connectivity index (χ0) is 14.5. The van der Waals surface area contributed by atoms with Crippen LogP contribution >= 0.6 is 11.8 Å². The minimum atomic E-state index is 0.411. The van der Waals surface area contributed by atoms with E-state index in [2.05, 4.69) is 71.4 Å². The molecular formula is C18H24N2S. The SMILES string of the molecule is CC(NCCN1CCSCC1)c1ccc2ccccc2c1. The van der Waals surface area contributed by atoms with Gasteiger partial charge in [0.2, 0.25) is 0 Å². The van der Waals surface area contributed by atoms with E-state index in [-0.39, 0.29) is 0 Å². The van der Waals surface area contributed by atoms with E-state index in [9.17, 15) is 0 Å². The van der Waals surface area contributed by atoms with E-state index in [4.69, 9.17) is 0 Å². The van der Waals surface area contributed by atoms with Crippen LogP contribution in [0.25, 0.3) is 10.8 Å². The van der Waals surface area contributed by atoms with Gasteiger partial charge in [0.05, 0.1) is 0 Å². The monoisotopic (exact) mass is 300 g/mol. The zero-order valence-corrected chi connectivity index (χ0v) is 13.5. The van der Waals surface area contributed by atoms with Crippen molar-refractivity contribution in [2.75, 3.05) is 37.7 Å². The lowest BCUT2D eigenvalue weighted by Gasteiger charge is -2.27. The average molecular weight is 300 g/mol. The maximum atomic E-state index is 3.66. The lowest BCUT2D eigenvalue weighted by Crippen LogP contribution is -2.38. The Balaban J connectivity index is 1.54. The Morgan fingerprint density at radius 3 is 2.67 bits per heavy atom. The molecule has 0 amide bonds. The number of hydrogen-bond acceptors (Lipinski definition) is 3. The normalized spacial score (nSPS) is 18.0. The van der Waals surface area contributed by atoms with E-state index in [0.717, 1.165) is 6.54 Å². The fraction of sp³-hybridized carbons (Fsp3) is 0.444. The fourth-order valence-corrected chi connectivity index (χ4v) is 3.84. The number of nitrogens with one attached hydrogen (secondary N) is 1.